The van der Waals surface area contributed by atoms with Crippen LogP contribution in [0.5, 0.6) is 0 Å². The van der Waals surface area contributed by atoms with E-state index in [2.05, 4.69) is 15.7 Å². The highest BCUT2D eigenvalue weighted by atomic mass is 16.6. The van der Waals surface area contributed by atoms with Gasteiger partial charge in [-0.15, -0.1) is 0 Å². The van der Waals surface area contributed by atoms with E-state index in [9.17, 15) is 4.79 Å². The van der Waals surface area contributed by atoms with Crippen molar-refractivity contribution >= 4 is 11.9 Å². The summed E-state index contributed by atoms with van der Waals surface area (Å²) in [7, 11) is 1.79. The first kappa shape index (κ1) is 16.8. The number of hydrogen-bond acceptors (Lipinski definition) is 5. The van der Waals surface area contributed by atoms with Gasteiger partial charge in [-0.25, -0.2) is 4.79 Å². The molecule has 0 spiro atoms. The van der Waals surface area contributed by atoms with Crippen LogP contribution in [0, 0.1) is 5.92 Å². The van der Waals surface area contributed by atoms with E-state index in [-0.39, 0.29) is 0 Å². The summed E-state index contributed by atoms with van der Waals surface area (Å²) in [6, 6.07) is 0. The van der Waals surface area contributed by atoms with E-state index in [0.29, 0.717) is 18.3 Å². The molecule has 0 saturated carbocycles. The van der Waals surface area contributed by atoms with E-state index in [0.717, 1.165) is 31.7 Å². The zero-order valence-electron chi connectivity index (χ0n) is 13.8. The van der Waals surface area contributed by atoms with Gasteiger partial charge >= 0.3 is 6.09 Å². The highest BCUT2D eigenvalue weighted by Crippen LogP contribution is 2.17. The van der Waals surface area contributed by atoms with E-state index < -0.39 is 11.7 Å². The average molecular weight is 310 g/mol. The molecule has 1 aromatic heterocycles. The summed E-state index contributed by atoms with van der Waals surface area (Å²) >= 11 is 0. The van der Waals surface area contributed by atoms with Crippen LogP contribution in [-0.4, -0.2) is 41.2 Å². The van der Waals surface area contributed by atoms with E-state index in [1.165, 1.54) is 0 Å². The summed E-state index contributed by atoms with van der Waals surface area (Å²) in [5.41, 5.74) is 0.413. The van der Waals surface area contributed by atoms with Crippen molar-refractivity contribution in [2.75, 3.05) is 25.1 Å². The molecule has 0 radical (unpaired) electrons. The number of nitrogens with zero attached hydrogens (tertiary/aromatic N) is 2. The first-order valence-corrected chi connectivity index (χ1v) is 7.64. The minimum atomic E-state index is -0.524. The van der Waals surface area contributed by atoms with Gasteiger partial charge in [0, 0.05) is 32.3 Å². The maximum atomic E-state index is 11.9. The predicted molar refractivity (Wildman–Crippen MR) is 83.7 cm³/mol. The summed E-state index contributed by atoms with van der Waals surface area (Å²) in [5.74, 6) is 1.23. The summed E-state index contributed by atoms with van der Waals surface area (Å²) < 4.78 is 12.3. The van der Waals surface area contributed by atoms with E-state index in [1.807, 2.05) is 20.8 Å². The third kappa shape index (κ3) is 4.99. The molecule has 1 aliphatic rings. The molecule has 1 fully saturated rings. The maximum absolute atomic E-state index is 11.9. The number of carbonyl (C=O) groups is 1. The van der Waals surface area contributed by atoms with Crippen LogP contribution in [0.15, 0.2) is 6.20 Å². The Kier molecular flexibility index (Phi) is 5.42. The topological polar surface area (TPSA) is 77.4 Å². The zero-order chi connectivity index (χ0) is 16.2. The zero-order valence-corrected chi connectivity index (χ0v) is 13.8. The summed E-state index contributed by atoms with van der Waals surface area (Å²) in [6.07, 6.45) is 2.38. The van der Waals surface area contributed by atoms with Crippen LogP contribution >= 0.6 is 0 Å². The molecule has 2 N–H and O–H groups in total. The Morgan fingerprint density at radius 3 is 2.95 bits per heavy atom. The largest absolute Gasteiger partial charge is 0.444 e. The van der Waals surface area contributed by atoms with Crippen molar-refractivity contribution in [1.82, 2.24) is 15.1 Å². The van der Waals surface area contributed by atoms with Crippen LogP contribution in [0.1, 0.15) is 32.8 Å². The van der Waals surface area contributed by atoms with Gasteiger partial charge in [0.05, 0.1) is 12.8 Å². The summed E-state index contributed by atoms with van der Waals surface area (Å²) in [6.45, 7) is 8.73. The van der Waals surface area contributed by atoms with Crippen molar-refractivity contribution in [3.63, 3.8) is 0 Å². The van der Waals surface area contributed by atoms with Crippen LogP contribution in [-0.2, 0) is 23.1 Å². The SMILES string of the molecule is Cn1ncc(CNCC2CCOC2)c1NC(=O)OC(C)(C)C. The van der Waals surface area contributed by atoms with Gasteiger partial charge in [0.1, 0.15) is 11.4 Å². The molecule has 1 saturated heterocycles. The molecule has 7 nitrogen and oxygen atoms in total. The first-order valence-electron chi connectivity index (χ1n) is 7.64. The lowest BCUT2D eigenvalue weighted by Crippen LogP contribution is -2.28. The molecule has 2 heterocycles. The van der Waals surface area contributed by atoms with E-state index in [4.69, 9.17) is 9.47 Å². The number of nitrogens with one attached hydrogen (secondary N) is 2. The fraction of sp³-hybridized carbons (Fsp3) is 0.733. The standard InChI is InChI=1S/C15H26N4O3/c1-15(2,3)22-14(20)18-13-12(9-17-19(13)4)8-16-7-11-5-6-21-10-11/h9,11,16H,5-8,10H2,1-4H3,(H,18,20). The van der Waals surface area contributed by atoms with Crippen LogP contribution in [0.4, 0.5) is 10.6 Å². The van der Waals surface area contributed by atoms with Crippen molar-refractivity contribution in [3.8, 4) is 0 Å². The van der Waals surface area contributed by atoms with Crippen molar-refractivity contribution in [2.45, 2.75) is 39.3 Å². The lowest BCUT2D eigenvalue weighted by Gasteiger charge is -2.20. The highest BCUT2D eigenvalue weighted by molar-refractivity contribution is 5.84. The number of amides is 1. The normalized spacial score (nSPS) is 18.5. The summed E-state index contributed by atoms with van der Waals surface area (Å²) in [5, 5.41) is 10.4. The average Bonchev–Trinajstić information content (AvgIpc) is 3.01. The van der Waals surface area contributed by atoms with Gasteiger partial charge in [-0.2, -0.15) is 5.10 Å². The van der Waals surface area contributed by atoms with Crippen molar-refractivity contribution < 1.29 is 14.3 Å². The molecule has 0 aliphatic carbocycles. The Balaban J connectivity index is 1.88. The molecule has 0 aromatic carbocycles. The molecule has 2 rings (SSSR count). The Hall–Kier alpha value is -1.60. The van der Waals surface area contributed by atoms with Crippen LogP contribution < -0.4 is 10.6 Å². The van der Waals surface area contributed by atoms with Gasteiger partial charge in [-0.3, -0.25) is 10.00 Å². The number of aryl methyl sites for hydroxylation is 1. The number of hydrogen-bond donors (Lipinski definition) is 2. The quantitative estimate of drug-likeness (QED) is 0.868. The van der Waals surface area contributed by atoms with Crippen LogP contribution in [0.3, 0.4) is 0 Å². The van der Waals surface area contributed by atoms with Crippen molar-refractivity contribution in [1.29, 1.82) is 0 Å². The lowest BCUT2D eigenvalue weighted by atomic mass is 10.1. The fourth-order valence-electron chi connectivity index (χ4n) is 2.33. The molecular formula is C15H26N4O3. The smallest absolute Gasteiger partial charge is 0.413 e. The van der Waals surface area contributed by atoms with Gasteiger partial charge in [0.25, 0.3) is 0 Å². The first-order chi connectivity index (χ1) is 10.3. The Morgan fingerprint density at radius 1 is 1.55 bits per heavy atom. The Labute approximate surface area is 131 Å². The second kappa shape index (κ2) is 7.11. The molecule has 124 valence electrons. The summed E-state index contributed by atoms with van der Waals surface area (Å²) in [4.78, 5) is 11.9. The number of anilines is 1. The van der Waals surface area contributed by atoms with Crippen molar-refractivity contribution in [3.05, 3.63) is 11.8 Å². The second-order valence-electron chi connectivity index (χ2n) is 6.63. The van der Waals surface area contributed by atoms with Crippen LogP contribution in [0.25, 0.3) is 0 Å². The Morgan fingerprint density at radius 2 is 2.32 bits per heavy atom. The predicted octanol–water partition coefficient (Wildman–Crippen LogP) is 1.89. The molecule has 0 bridgehead atoms. The van der Waals surface area contributed by atoms with Crippen LogP contribution in [0.2, 0.25) is 0 Å². The molecule has 1 atom stereocenters. The van der Waals surface area contributed by atoms with Gasteiger partial charge in [0.15, 0.2) is 0 Å². The minimum absolute atomic E-state index is 0.471. The fourth-order valence-corrected chi connectivity index (χ4v) is 2.33. The third-order valence-corrected chi connectivity index (χ3v) is 3.41. The molecule has 1 aliphatic heterocycles. The number of carbonyl (C=O) groups excluding carboxylic acids is 1. The van der Waals surface area contributed by atoms with Gasteiger partial charge in [-0.05, 0) is 33.1 Å². The molecule has 1 amide bonds. The third-order valence-electron chi connectivity index (χ3n) is 3.41. The Bertz CT molecular complexity index is 501. The molecule has 1 unspecified atom stereocenters. The maximum Gasteiger partial charge on any atom is 0.413 e. The highest BCUT2D eigenvalue weighted by Gasteiger charge is 2.19. The van der Waals surface area contributed by atoms with E-state index >= 15 is 0 Å². The van der Waals surface area contributed by atoms with E-state index in [1.54, 1.807) is 17.9 Å². The molecule has 7 heteroatoms. The van der Waals surface area contributed by atoms with Gasteiger partial charge < -0.3 is 14.8 Å². The lowest BCUT2D eigenvalue weighted by molar-refractivity contribution is 0.0634. The molecular weight excluding hydrogens is 284 g/mol. The second-order valence-corrected chi connectivity index (χ2v) is 6.63. The van der Waals surface area contributed by atoms with Gasteiger partial charge in [-0.1, -0.05) is 0 Å². The monoisotopic (exact) mass is 310 g/mol. The van der Waals surface area contributed by atoms with Crippen molar-refractivity contribution in [2.24, 2.45) is 13.0 Å². The van der Waals surface area contributed by atoms with Gasteiger partial charge in [0.2, 0.25) is 0 Å². The minimum Gasteiger partial charge on any atom is -0.444 e. The number of rotatable bonds is 5. The molecule has 1 aromatic rings. The number of ether oxygens (including phenoxy) is 2. The number of aromatic nitrogens is 2. The molecule has 22 heavy (non-hydrogen) atoms.